The summed E-state index contributed by atoms with van der Waals surface area (Å²) in [5.41, 5.74) is 0. The van der Waals surface area contributed by atoms with Crippen LogP contribution in [-0.2, 0) is 18.3 Å². The van der Waals surface area contributed by atoms with Gasteiger partial charge in [0.25, 0.3) is 0 Å². The molecule has 0 aromatic carbocycles. The SMILES string of the molecule is CCCOC(=O)N1CCC[C@@H](c2nnc(Cn3ccnc3)n2C)C1. The molecule has 0 N–H and O–H groups in total. The van der Waals surface area contributed by atoms with Crippen LogP contribution in [0.1, 0.15) is 43.8 Å². The number of nitrogens with zero attached hydrogens (tertiary/aromatic N) is 6. The highest BCUT2D eigenvalue weighted by Gasteiger charge is 2.29. The average molecular weight is 332 g/mol. The van der Waals surface area contributed by atoms with Crippen LogP contribution in [0.5, 0.6) is 0 Å². The van der Waals surface area contributed by atoms with Gasteiger partial charge < -0.3 is 18.8 Å². The standard InChI is InChI=1S/C16H24N6O2/c1-3-9-24-16(23)22-7-4-5-13(10-22)15-19-18-14(20(15)2)11-21-8-6-17-12-21/h6,8,12-13H,3-5,7,9-11H2,1-2H3/t13-/m1/s1. The van der Waals surface area contributed by atoms with Crippen molar-refractivity contribution in [3.63, 3.8) is 0 Å². The van der Waals surface area contributed by atoms with E-state index in [9.17, 15) is 4.79 Å². The minimum Gasteiger partial charge on any atom is -0.449 e. The van der Waals surface area contributed by atoms with Crippen molar-refractivity contribution >= 4 is 6.09 Å². The molecule has 0 bridgehead atoms. The molecule has 2 aromatic rings. The predicted octanol–water partition coefficient (Wildman–Crippen LogP) is 1.79. The number of carbonyl (C=O) groups is 1. The zero-order valence-electron chi connectivity index (χ0n) is 14.3. The van der Waals surface area contributed by atoms with E-state index in [1.54, 1.807) is 17.4 Å². The second-order valence-corrected chi connectivity index (χ2v) is 6.17. The summed E-state index contributed by atoms with van der Waals surface area (Å²) < 4.78 is 9.25. The molecule has 1 saturated heterocycles. The molecule has 1 fully saturated rings. The second-order valence-electron chi connectivity index (χ2n) is 6.17. The van der Waals surface area contributed by atoms with Crippen LogP contribution in [-0.4, -0.2) is 55.0 Å². The van der Waals surface area contributed by atoms with Crippen molar-refractivity contribution in [3.8, 4) is 0 Å². The van der Waals surface area contributed by atoms with Crippen LogP contribution >= 0.6 is 0 Å². The van der Waals surface area contributed by atoms with Gasteiger partial charge in [0, 0.05) is 38.4 Å². The van der Waals surface area contributed by atoms with E-state index in [0.717, 1.165) is 37.5 Å². The first-order valence-electron chi connectivity index (χ1n) is 8.44. The van der Waals surface area contributed by atoms with Gasteiger partial charge in [0.1, 0.15) is 5.82 Å². The molecule has 0 saturated carbocycles. The Kier molecular flexibility index (Phi) is 5.12. The molecule has 0 aliphatic carbocycles. The Bertz CT molecular complexity index is 666. The molecule has 0 spiro atoms. The third-order valence-electron chi connectivity index (χ3n) is 4.36. The highest BCUT2D eigenvalue weighted by atomic mass is 16.6. The topological polar surface area (TPSA) is 78.1 Å². The van der Waals surface area contributed by atoms with E-state index < -0.39 is 0 Å². The quantitative estimate of drug-likeness (QED) is 0.834. The van der Waals surface area contributed by atoms with Crippen LogP contribution in [0, 0.1) is 0 Å². The van der Waals surface area contributed by atoms with Crippen LogP contribution in [0.2, 0.25) is 0 Å². The van der Waals surface area contributed by atoms with Gasteiger partial charge >= 0.3 is 6.09 Å². The summed E-state index contributed by atoms with van der Waals surface area (Å²) in [4.78, 5) is 17.9. The third-order valence-corrected chi connectivity index (χ3v) is 4.36. The molecule has 1 atom stereocenters. The van der Waals surface area contributed by atoms with E-state index >= 15 is 0 Å². The highest BCUT2D eigenvalue weighted by Crippen LogP contribution is 2.26. The molecule has 8 nitrogen and oxygen atoms in total. The van der Waals surface area contributed by atoms with Crippen molar-refractivity contribution in [2.75, 3.05) is 19.7 Å². The molecule has 2 aromatic heterocycles. The molecule has 24 heavy (non-hydrogen) atoms. The molecule has 0 unspecified atom stereocenters. The Morgan fingerprint density at radius 2 is 2.29 bits per heavy atom. The Labute approximate surface area is 141 Å². The van der Waals surface area contributed by atoms with Gasteiger partial charge in [-0.25, -0.2) is 9.78 Å². The molecular formula is C16H24N6O2. The highest BCUT2D eigenvalue weighted by molar-refractivity contribution is 5.67. The Morgan fingerprint density at radius 1 is 1.42 bits per heavy atom. The third kappa shape index (κ3) is 3.58. The van der Waals surface area contributed by atoms with Gasteiger partial charge in [-0.1, -0.05) is 6.92 Å². The molecule has 1 aliphatic rings. The summed E-state index contributed by atoms with van der Waals surface area (Å²) in [5, 5.41) is 8.69. The normalized spacial score (nSPS) is 17.9. The molecule has 130 valence electrons. The molecule has 1 aliphatic heterocycles. The molecular weight excluding hydrogens is 308 g/mol. The average Bonchev–Trinajstić information content (AvgIpc) is 3.24. The van der Waals surface area contributed by atoms with Gasteiger partial charge in [-0.15, -0.1) is 10.2 Å². The minimum absolute atomic E-state index is 0.196. The number of rotatable bonds is 5. The van der Waals surface area contributed by atoms with E-state index in [4.69, 9.17) is 4.74 Å². The van der Waals surface area contributed by atoms with Crippen molar-refractivity contribution < 1.29 is 9.53 Å². The maximum Gasteiger partial charge on any atom is 0.409 e. The van der Waals surface area contributed by atoms with Gasteiger partial charge in [-0.05, 0) is 19.3 Å². The van der Waals surface area contributed by atoms with E-state index in [0.29, 0.717) is 19.7 Å². The fraction of sp³-hybridized carbons (Fsp3) is 0.625. The Hall–Kier alpha value is -2.38. The Morgan fingerprint density at radius 3 is 3.04 bits per heavy atom. The van der Waals surface area contributed by atoms with Gasteiger partial charge in [0.2, 0.25) is 0 Å². The fourth-order valence-corrected chi connectivity index (χ4v) is 3.05. The smallest absolute Gasteiger partial charge is 0.409 e. The number of carbonyl (C=O) groups excluding carboxylic acids is 1. The lowest BCUT2D eigenvalue weighted by Crippen LogP contribution is -2.40. The maximum atomic E-state index is 12.1. The number of amides is 1. The van der Waals surface area contributed by atoms with Crippen molar-refractivity contribution in [2.45, 2.75) is 38.6 Å². The van der Waals surface area contributed by atoms with Crippen molar-refractivity contribution in [1.29, 1.82) is 0 Å². The predicted molar refractivity (Wildman–Crippen MR) is 87.5 cm³/mol. The van der Waals surface area contributed by atoms with Gasteiger partial charge in [-0.2, -0.15) is 0 Å². The molecule has 3 heterocycles. The summed E-state index contributed by atoms with van der Waals surface area (Å²) in [6, 6.07) is 0. The van der Waals surface area contributed by atoms with Gasteiger partial charge in [0.15, 0.2) is 5.82 Å². The largest absolute Gasteiger partial charge is 0.449 e. The lowest BCUT2D eigenvalue weighted by Gasteiger charge is -2.31. The van der Waals surface area contributed by atoms with E-state index in [1.165, 1.54) is 0 Å². The van der Waals surface area contributed by atoms with E-state index in [-0.39, 0.29) is 12.0 Å². The lowest BCUT2D eigenvalue weighted by atomic mass is 9.97. The summed E-state index contributed by atoms with van der Waals surface area (Å²) >= 11 is 0. The number of hydrogen-bond donors (Lipinski definition) is 0. The summed E-state index contributed by atoms with van der Waals surface area (Å²) in [5.74, 6) is 2.01. The number of imidazole rings is 1. The zero-order chi connectivity index (χ0) is 16.9. The maximum absolute atomic E-state index is 12.1. The molecule has 0 radical (unpaired) electrons. The first kappa shape index (κ1) is 16.5. The molecule has 3 rings (SSSR count). The molecule has 1 amide bonds. The summed E-state index contributed by atoms with van der Waals surface area (Å²) in [6.07, 6.45) is 8.00. The zero-order valence-corrected chi connectivity index (χ0v) is 14.3. The lowest BCUT2D eigenvalue weighted by molar-refractivity contribution is 0.0907. The van der Waals surface area contributed by atoms with Crippen molar-refractivity contribution in [3.05, 3.63) is 30.4 Å². The Balaban J connectivity index is 1.67. The van der Waals surface area contributed by atoms with Crippen LogP contribution in [0.3, 0.4) is 0 Å². The van der Waals surface area contributed by atoms with Crippen LogP contribution in [0.4, 0.5) is 4.79 Å². The monoisotopic (exact) mass is 332 g/mol. The van der Waals surface area contributed by atoms with Crippen LogP contribution in [0.25, 0.3) is 0 Å². The fourth-order valence-electron chi connectivity index (χ4n) is 3.05. The summed E-state index contributed by atoms with van der Waals surface area (Å²) in [7, 11) is 1.98. The van der Waals surface area contributed by atoms with Crippen molar-refractivity contribution in [2.24, 2.45) is 7.05 Å². The molecule has 8 heteroatoms. The van der Waals surface area contributed by atoms with Crippen molar-refractivity contribution in [1.82, 2.24) is 29.2 Å². The number of hydrogen-bond acceptors (Lipinski definition) is 5. The summed E-state index contributed by atoms with van der Waals surface area (Å²) in [6.45, 7) is 4.49. The number of likely N-dealkylation sites (tertiary alicyclic amines) is 1. The second kappa shape index (κ2) is 7.46. The van der Waals surface area contributed by atoms with E-state index in [2.05, 4.69) is 15.2 Å². The number of piperidine rings is 1. The number of aromatic nitrogens is 5. The van der Waals surface area contributed by atoms with Crippen LogP contribution < -0.4 is 0 Å². The first-order valence-corrected chi connectivity index (χ1v) is 8.44. The van der Waals surface area contributed by atoms with E-state index in [1.807, 2.05) is 29.3 Å². The van der Waals surface area contributed by atoms with Gasteiger partial charge in [-0.3, -0.25) is 0 Å². The minimum atomic E-state index is -0.220. The number of ether oxygens (including phenoxy) is 1. The first-order chi connectivity index (χ1) is 11.7. The van der Waals surface area contributed by atoms with Crippen LogP contribution in [0.15, 0.2) is 18.7 Å². The van der Waals surface area contributed by atoms with Gasteiger partial charge in [0.05, 0.1) is 19.5 Å².